The van der Waals surface area contributed by atoms with Gasteiger partial charge in [-0.25, -0.2) is 0 Å². The quantitative estimate of drug-likeness (QED) is 0.256. The second kappa shape index (κ2) is 6.29. The molecule has 2 aliphatic heterocycles. The van der Waals surface area contributed by atoms with Gasteiger partial charge in [-0.3, -0.25) is 0 Å². The van der Waals surface area contributed by atoms with E-state index >= 15 is 0 Å². The zero-order valence-corrected chi connectivity index (χ0v) is 16.2. The van der Waals surface area contributed by atoms with Gasteiger partial charge in [0.25, 0.3) is 0 Å². The molecule has 0 spiro atoms. The number of anilines is 3. The van der Waals surface area contributed by atoms with Crippen LogP contribution in [0, 0.1) is 3.57 Å². The fourth-order valence-electron chi connectivity index (χ4n) is 3.66. The van der Waals surface area contributed by atoms with Gasteiger partial charge < -0.3 is 4.90 Å². The van der Waals surface area contributed by atoms with E-state index in [4.69, 9.17) is 0 Å². The molecule has 0 aliphatic carbocycles. The molecule has 0 saturated heterocycles. The number of fused-ring (bicyclic) bond motifs is 2. The lowest BCUT2D eigenvalue weighted by atomic mass is 9.92. The number of rotatable bonds is 2. The van der Waals surface area contributed by atoms with Gasteiger partial charge in [0.15, 0.2) is 0 Å². The zero-order chi connectivity index (χ0) is 17.5. The summed E-state index contributed by atoms with van der Waals surface area (Å²) in [6.07, 6.45) is 0. The highest BCUT2D eigenvalue weighted by Gasteiger charge is 2.23. The van der Waals surface area contributed by atoms with Crippen molar-refractivity contribution in [3.8, 4) is 22.3 Å². The van der Waals surface area contributed by atoms with Gasteiger partial charge in [-0.2, -0.15) is 0 Å². The van der Waals surface area contributed by atoms with Crippen LogP contribution in [0.15, 0.2) is 97.1 Å². The molecule has 4 bridgehead atoms. The Balaban J connectivity index is 1.82. The average Bonchev–Trinajstić information content (AvgIpc) is 2.71. The van der Waals surface area contributed by atoms with Crippen LogP contribution in [0.4, 0.5) is 17.1 Å². The van der Waals surface area contributed by atoms with Crippen LogP contribution in [0.5, 0.6) is 0 Å². The van der Waals surface area contributed by atoms with Crippen LogP contribution in [0.2, 0.25) is 0 Å². The van der Waals surface area contributed by atoms with Crippen molar-refractivity contribution in [3.05, 3.63) is 101 Å². The van der Waals surface area contributed by atoms with Gasteiger partial charge in [-0.15, -0.1) is 0 Å². The van der Waals surface area contributed by atoms with Crippen molar-refractivity contribution in [2.45, 2.75) is 0 Å². The van der Waals surface area contributed by atoms with Gasteiger partial charge >= 0.3 is 0 Å². The highest BCUT2D eigenvalue weighted by atomic mass is 127. The Morgan fingerprint density at radius 3 is 1.85 bits per heavy atom. The van der Waals surface area contributed by atoms with Crippen molar-refractivity contribution in [2.75, 3.05) is 4.90 Å². The zero-order valence-electron chi connectivity index (χ0n) is 14.1. The maximum Gasteiger partial charge on any atom is 0.0601 e. The number of nitrogens with zero attached hydrogens (tertiary/aromatic N) is 1. The van der Waals surface area contributed by atoms with Gasteiger partial charge in [0.1, 0.15) is 0 Å². The first-order valence-corrected chi connectivity index (χ1v) is 9.74. The van der Waals surface area contributed by atoms with Crippen molar-refractivity contribution >= 4 is 39.7 Å². The van der Waals surface area contributed by atoms with Crippen molar-refractivity contribution in [1.29, 1.82) is 0 Å². The molecule has 0 radical (unpaired) electrons. The second-order valence-electron chi connectivity index (χ2n) is 6.41. The minimum atomic E-state index is 1.18. The van der Waals surface area contributed by atoms with E-state index in [1.807, 2.05) is 0 Å². The smallest absolute Gasteiger partial charge is 0.0601 e. The Bertz CT molecular complexity index is 1070. The topological polar surface area (TPSA) is 3.24 Å². The third-order valence-electron chi connectivity index (χ3n) is 4.88. The van der Waals surface area contributed by atoms with Crippen molar-refractivity contribution in [1.82, 2.24) is 0 Å². The molecular formula is C24H16IN. The van der Waals surface area contributed by atoms with Crippen LogP contribution >= 0.6 is 22.6 Å². The predicted molar refractivity (Wildman–Crippen MR) is 118 cm³/mol. The third kappa shape index (κ3) is 2.44. The van der Waals surface area contributed by atoms with E-state index in [0.717, 1.165) is 0 Å². The summed E-state index contributed by atoms with van der Waals surface area (Å²) in [5, 5.41) is 0. The molecule has 0 atom stereocenters. The molecule has 0 unspecified atom stereocenters. The Labute approximate surface area is 167 Å². The van der Waals surface area contributed by atoms with E-state index in [2.05, 4.69) is 125 Å². The van der Waals surface area contributed by atoms with E-state index in [0.29, 0.717) is 0 Å². The molecule has 2 aliphatic rings. The molecule has 0 aromatic heterocycles. The maximum atomic E-state index is 2.51. The Kier molecular flexibility index (Phi) is 3.79. The fraction of sp³-hybridized carbons (Fsp3) is 0. The minimum Gasteiger partial charge on any atom is -0.309 e. The average molecular weight is 445 g/mol. The molecule has 2 heteroatoms. The summed E-state index contributed by atoms with van der Waals surface area (Å²) in [6, 6.07) is 34.6. The van der Waals surface area contributed by atoms with Crippen molar-refractivity contribution < 1.29 is 0 Å². The van der Waals surface area contributed by atoms with Gasteiger partial charge in [0.05, 0.1) is 5.69 Å². The SMILES string of the molecule is Ic1c2ccc(-c3ccccc3)c1-c1ccc(cc1)N2c1ccccc1. The van der Waals surface area contributed by atoms with Crippen LogP contribution in [0.3, 0.4) is 0 Å². The fourth-order valence-corrected chi connectivity index (χ4v) is 4.68. The molecule has 124 valence electrons. The van der Waals surface area contributed by atoms with Crippen LogP contribution in [-0.2, 0) is 0 Å². The first kappa shape index (κ1) is 15.6. The molecule has 6 rings (SSSR count). The van der Waals surface area contributed by atoms with Gasteiger partial charge in [0, 0.05) is 20.5 Å². The minimum absolute atomic E-state index is 1.18. The predicted octanol–water partition coefficient (Wildman–Crippen LogP) is 7.41. The lowest BCUT2D eigenvalue weighted by molar-refractivity contribution is 1.26. The van der Waals surface area contributed by atoms with Crippen LogP contribution in [0.1, 0.15) is 0 Å². The highest BCUT2D eigenvalue weighted by molar-refractivity contribution is 14.1. The summed E-state index contributed by atoms with van der Waals surface area (Å²) in [4.78, 5) is 2.34. The molecule has 4 aromatic rings. The Hall–Kier alpha value is -2.59. The monoisotopic (exact) mass is 445 g/mol. The lowest BCUT2D eigenvalue weighted by Gasteiger charge is -2.30. The van der Waals surface area contributed by atoms with Crippen LogP contribution < -0.4 is 4.90 Å². The summed E-state index contributed by atoms with van der Waals surface area (Å²) < 4.78 is 1.29. The molecule has 0 saturated carbocycles. The molecule has 4 aromatic carbocycles. The molecule has 1 nitrogen and oxygen atoms in total. The summed E-state index contributed by atoms with van der Waals surface area (Å²) in [6.45, 7) is 0. The Morgan fingerprint density at radius 2 is 1.15 bits per heavy atom. The maximum absolute atomic E-state index is 2.51. The van der Waals surface area contributed by atoms with E-state index in [1.54, 1.807) is 0 Å². The first-order chi connectivity index (χ1) is 12.8. The van der Waals surface area contributed by atoms with Gasteiger partial charge in [-0.1, -0.05) is 66.7 Å². The first-order valence-electron chi connectivity index (χ1n) is 8.66. The van der Waals surface area contributed by atoms with Crippen LogP contribution in [0.25, 0.3) is 22.3 Å². The van der Waals surface area contributed by atoms with E-state index in [1.165, 1.54) is 42.9 Å². The largest absolute Gasteiger partial charge is 0.309 e. The van der Waals surface area contributed by atoms with E-state index in [9.17, 15) is 0 Å². The summed E-state index contributed by atoms with van der Waals surface area (Å²) >= 11 is 2.51. The number of hydrogen-bond donors (Lipinski definition) is 0. The van der Waals surface area contributed by atoms with Gasteiger partial charge in [-0.05, 0) is 69.6 Å². The van der Waals surface area contributed by atoms with Gasteiger partial charge in [0.2, 0.25) is 0 Å². The summed E-state index contributed by atoms with van der Waals surface area (Å²) in [5.41, 5.74) is 8.71. The molecule has 2 heterocycles. The molecule has 26 heavy (non-hydrogen) atoms. The molecule has 0 N–H and O–H groups in total. The Morgan fingerprint density at radius 1 is 0.538 bits per heavy atom. The number of hydrogen-bond acceptors (Lipinski definition) is 1. The summed E-state index contributed by atoms with van der Waals surface area (Å²) in [7, 11) is 0. The number of benzene rings is 4. The van der Waals surface area contributed by atoms with Crippen molar-refractivity contribution in [3.63, 3.8) is 0 Å². The number of halogens is 1. The standard InChI is InChI=1S/C24H16IN/c25-24-22-16-15-21(17-7-3-1-4-8-17)23(24)18-11-13-20(14-12-18)26(22)19-9-5-2-6-10-19/h1-16H. The molecule has 0 fully saturated rings. The normalized spacial score (nSPS) is 12.0. The van der Waals surface area contributed by atoms with E-state index in [-0.39, 0.29) is 0 Å². The molecular weight excluding hydrogens is 429 g/mol. The second-order valence-corrected chi connectivity index (χ2v) is 7.48. The number of para-hydroxylation sites is 1. The van der Waals surface area contributed by atoms with E-state index < -0.39 is 0 Å². The summed E-state index contributed by atoms with van der Waals surface area (Å²) in [5.74, 6) is 0. The molecule has 0 amide bonds. The van der Waals surface area contributed by atoms with Crippen molar-refractivity contribution in [2.24, 2.45) is 0 Å². The third-order valence-corrected chi connectivity index (χ3v) is 5.97. The van der Waals surface area contributed by atoms with Crippen LogP contribution in [-0.4, -0.2) is 0 Å². The lowest BCUT2D eigenvalue weighted by Crippen LogP contribution is -2.13. The highest BCUT2D eigenvalue weighted by Crippen LogP contribution is 2.47.